The molecule has 0 spiro atoms. The molecule has 0 saturated heterocycles. The molecule has 0 fully saturated rings. The van der Waals surface area contributed by atoms with Crippen molar-refractivity contribution in [3.05, 3.63) is 33.8 Å². The summed E-state index contributed by atoms with van der Waals surface area (Å²) in [5, 5.41) is 1.40. The van der Waals surface area contributed by atoms with Crippen molar-refractivity contribution < 1.29 is 0 Å². The van der Waals surface area contributed by atoms with Crippen molar-refractivity contribution in [3.8, 4) is 0 Å². The molecule has 0 aromatic heterocycles. The van der Waals surface area contributed by atoms with E-state index < -0.39 is 19.3 Å². The summed E-state index contributed by atoms with van der Waals surface area (Å²) in [4.78, 5) is 0. The Hall–Kier alpha value is 0.856. The van der Waals surface area contributed by atoms with Gasteiger partial charge in [0.1, 0.15) is 0 Å². The average Bonchev–Trinajstić information content (AvgIpc) is 1.95. The van der Waals surface area contributed by atoms with Gasteiger partial charge in [-0.2, -0.15) is 0 Å². The Morgan fingerprint density at radius 3 is 2.55 bits per heavy atom. The topological polar surface area (TPSA) is 0 Å². The minimum Gasteiger partial charge on any atom is -0.345 e. The van der Waals surface area contributed by atoms with Gasteiger partial charge >= 0.3 is 19.3 Å². The summed E-state index contributed by atoms with van der Waals surface area (Å²) in [6, 6.07) is 5.52. The molecule has 56 valence electrons. The van der Waals surface area contributed by atoms with Gasteiger partial charge in [-0.3, -0.25) is 0 Å². The summed E-state index contributed by atoms with van der Waals surface area (Å²) in [7, 11) is 5.70. The second-order valence-electron chi connectivity index (χ2n) is 2.17. The zero-order chi connectivity index (χ0) is 8.27. The maximum atomic E-state index is 5.89. The van der Waals surface area contributed by atoms with E-state index in [0.29, 0.717) is 5.02 Å². The molecule has 0 radical (unpaired) electrons. The van der Waals surface area contributed by atoms with Gasteiger partial charge in [0.15, 0.2) is 0 Å². The summed E-state index contributed by atoms with van der Waals surface area (Å²) in [5.74, 6) is 0. The first-order valence-corrected chi connectivity index (χ1v) is 7.13. The van der Waals surface area contributed by atoms with Gasteiger partial charge in [0.25, 0.3) is 0 Å². The molecule has 0 aliphatic rings. The second-order valence-corrected chi connectivity index (χ2v) is 5.03. The molecule has 1 aromatic rings. The maximum absolute atomic E-state index is 5.89. The van der Waals surface area contributed by atoms with Crippen LogP contribution in [-0.4, -0.2) is 19.3 Å². The summed E-state index contributed by atoms with van der Waals surface area (Å²) in [6.45, 7) is 0. The fourth-order valence-electron chi connectivity index (χ4n) is 0.826. The Bertz CT molecular complexity index is 249. The lowest BCUT2D eigenvalue weighted by Gasteiger charge is -2.00. The van der Waals surface area contributed by atoms with Crippen LogP contribution in [0.15, 0.2) is 18.2 Å². The number of benzene rings is 1. The normalized spacial score (nSPS) is 9.36. The van der Waals surface area contributed by atoms with Gasteiger partial charge < -0.3 is 9.07 Å². The molecule has 1 aromatic carbocycles. The number of hydrogen-bond acceptors (Lipinski definition) is 0. The van der Waals surface area contributed by atoms with E-state index in [2.05, 4.69) is 0 Å². The van der Waals surface area contributed by atoms with Crippen molar-refractivity contribution in [3.63, 3.8) is 0 Å². The number of halogens is 3. The van der Waals surface area contributed by atoms with E-state index in [9.17, 15) is 0 Å². The second kappa shape index (κ2) is 4.78. The lowest BCUT2D eigenvalue weighted by atomic mass is 10.2. The van der Waals surface area contributed by atoms with E-state index in [1.165, 1.54) is 0 Å². The molecule has 0 saturated carbocycles. The van der Waals surface area contributed by atoms with Gasteiger partial charge in [-0.1, -0.05) is 39.4 Å². The highest BCUT2D eigenvalue weighted by molar-refractivity contribution is 6.93. The molecule has 0 bridgehead atoms. The average molecular weight is 220 g/mol. The quantitative estimate of drug-likeness (QED) is 0.670. The Kier molecular flexibility index (Phi) is 4.32. The first-order valence-electron chi connectivity index (χ1n) is 3.24. The van der Waals surface area contributed by atoms with E-state index in [-0.39, 0.29) is 0 Å². The predicted octanol–water partition coefficient (Wildman–Crippen LogP) is 3.35. The minimum absolute atomic E-state index is 0.473. The summed E-state index contributed by atoms with van der Waals surface area (Å²) >= 11 is 11.1. The zero-order valence-electron chi connectivity index (χ0n) is 5.78. The fraction of sp³-hybridized carbons (Fsp3) is 0.143. The van der Waals surface area contributed by atoms with Gasteiger partial charge in [0.2, 0.25) is 0 Å². The highest BCUT2D eigenvalue weighted by atomic mass is 35.5. The van der Waals surface area contributed by atoms with Gasteiger partial charge in [0, 0.05) is 10.0 Å². The van der Waals surface area contributed by atoms with Crippen LogP contribution in [0.4, 0.5) is 0 Å². The smallest absolute Gasteiger partial charge is 0.345 e. The van der Waals surface area contributed by atoms with E-state index in [4.69, 9.17) is 32.3 Å². The first kappa shape index (κ1) is 9.94. The molecular weight excluding hydrogens is 215 g/mol. The van der Waals surface area contributed by atoms with E-state index >= 15 is 0 Å². The molecule has 0 heterocycles. The lowest BCUT2D eigenvalue weighted by Crippen LogP contribution is -1.89. The Balaban J connectivity index is 2.90. The molecule has 0 atom stereocenters. The van der Waals surface area contributed by atoms with E-state index in [1.54, 1.807) is 6.07 Å². The Morgan fingerprint density at radius 2 is 2.00 bits per heavy atom. The van der Waals surface area contributed by atoms with Crippen LogP contribution in [0.3, 0.4) is 0 Å². The Morgan fingerprint density at radius 1 is 1.27 bits per heavy atom. The standard InChI is InChI=1S/C7H5Cl2.ClH.Mg/c1-5-2-3-6(8)4-7(5)9;;/h2-4H,1H2;1H;/q;;+1/p-1. The van der Waals surface area contributed by atoms with Crippen LogP contribution in [-0.2, 0) is 4.55 Å². The lowest BCUT2D eigenvalue weighted by molar-refractivity contribution is 1.40. The van der Waals surface area contributed by atoms with Crippen LogP contribution in [0.25, 0.3) is 0 Å². The third-order valence-corrected chi connectivity index (χ3v) is 3.26. The SMILES string of the molecule is [Cl][Mg][CH2]c1ccc(Cl)cc1Cl. The van der Waals surface area contributed by atoms with E-state index in [0.717, 1.165) is 15.1 Å². The fourth-order valence-corrected chi connectivity index (χ4v) is 2.74. The highest BCUT2D eigenvalue weighted by Crippen LogP contribution is 2.20. The van der Waals surface area contributed by atoms with Crippen LogP contribution >= 0.6 is 32.3 Å². The first-order chi connectivity index (χ1) is 5.24. The van der Waals surface area contributed by atoms with Crippen LogP contribution < -0.4 is 0 Å². The predicted molar refractivity (Wildman–Crippen MR) is 51.8 cm³/mol. The van der Waals surface area contributed by atoms with E-state index in [1.807, 2.05) is 12.1 Å². The molecule has 0 aliphatic carbocycles. The summed E-state index contributed by atoms with van der Waals surface area (Å²) in [5.41, 5.74) is 1.11. The van der Waals surface area contributed by atoms with Crippen molar-refractivity contribution in [2.45, 2.75) is 4.55 Å². The van der Waals surface area contributed by atoms with Gasteiger partial charge in [-0.15, -0.1) is 0 Å². The molecule has 0 aliphatic heterocycles. The number of rotatable bonds is 2. The van der Waals surface area contributed by atoms with Crippen molar-refractivity contribution in [1.82, 2.24) is 0 Å². The van der Waals surface area contributed by atoms with Crippen molar-refractivity contribution in [1.29, 1.82) is 0 Å². The van der Waals surface area contributed by atoms with Crippen molar-refractivity contribution in [2.75, 3.05) is 0 Å². The highest BCUT2D eigenvalue weighted by Gasteiger charge is 2.01. The number of hydrogen-bond donors (Lipinski definition) is 0. The molecule has 0 nitrogen and oxygen atoms in total. The largest absolute Gasteiger partial charge is 0.505 e. The van der Waals surface area contributed by atoms with Gasteiger partial charge in [-0.05, 0) is 12.1 Å². The monoisotopic (exact) mass is 218 g/mol. The molecule has 1 rings (SSSR count). The van der Waals surface area contributed by atoms with Crippen LogP contribution in [0.5, 0.6) is 0 Å². The maximum Gasteiger partial charge on any atom is 0.505 e. The van der Waals surface area contributed by atoms with Gasteiger partial charge in [0.05, 0.1) is 0 Å². The van der Waals surface area contributed by atoms with Crippen LogP contribution in [0.1, 0.15) is 5.56 Å². The van der Waals surface area contributed by atoms with Crippen molar-refractivity contribution in [2.24, 2.45) is 0 Å². The van der Waals surface area contributed by atoms with Crippen LogP contribution in [0.2, 0.25) is 10.0 Å². The summed E-state index contributed by atoms with van der Waals surface area (Å²) < 4.78 is 0.928. The molecule has 0 amide bonds. The van der Waals surface area contributed by atoms with Crippen molar-refractivity contribution >= 4 is 51.5 Å². The van der Waals surface area contributed by atoms with Crippen LogP contribution in [0, 0.1) is 0 Å². The zero-order valence-corrected chi connectivity index (χ0v) is 9.46. The third kappa shape index (κ3) is 3.00. The third-order valence-electron chi connectivity index (χ3n) is 1.38. The molecule has 0 N–H and O–H groups in total. The molecule has 0 unspecified atom stereocenters. The minimum atomic E-state index is -0.473. The molecule has 4 heteroatoms. The molecular formula is C7H5Cl3Mg. The summed E-state index contributed by atoms with van der Waals surface area (Å²) in [6.07, 6.45) is 0. The molecule has 11 heavy (non-hydrogen) atoms. The Labute approximate surface area is 89.3 Å². The van der Waals surface area contributed by atoms with Gasteiger partial charge in [-0.25, -0.2) is 0 Å².